The summed E-state index contributed by atoms with van der Waals surface area (Å²) in [6.07, 6.45) is 1.55. The molecule has 2 heterocycles. The van der Waals surface area contributed by atoms with E-state index < -0.39 is 24.7 Å². The minimum atomic E-state index is -0.601. The minimum absolute atomic E-state index is 0.167. The molecule has 2 aromatic rings. The second-order valence-corrected chi connectivity index (χ2v) is 7.38. The first-order chi connectivity index (χ1) is 14.5. The lowest BCUT2D eigenvalue weighted by molar-refractivity contribution is -0.119. The smallest absolute Gasteiger partial charge is 0.414 e. The van der Waals surface area contributed by atoms with Gasteiger partial charge in [0.15, 0.2) is 5.82 Å². The number of ether oxygens (including phenoxy) is 1. The van der Waals surface area contributed by atoms with Crippen LogP contribution in [-0.4, -0.2) is 59.0 Å². The Kier molecular flexibility index (Phi) is 5.40. The van der Waals surface area contributed by atoms with Crippen LogP contribution in [0.2, 0.25) is 0 Å². The number of carbonyl (C=O) groups is 3. The predicted molar refractivity (Wildman–Crippen MR) is 108 cm³/mol. The first kappa shape index (κ1) is 19.9. The predicted octanol–water partition coefficient (Wildman–Crippen LogP) is 0.958. The molecule has 0 saturated carbocycles. The minimum Gasteiger partial charge on any atom is -0.442 e. The van der Waals surface area contributed by atoms with Crippen LogP contribution in [0.15, 0.2) is 18.2 Å². The van der Waals surface area contributed by atoms with Crippen LogP contribution in [0, 0.1) is 0 Å². The fourth-order valence-corrected chi connectivity index (χ4v) is 3.86. The number of hydrogen-bond donors (Lipinski definition) is 4. The van der Waals surface area contributed by atoms with Crippen LogP contribution in [0.25, 0.3) is 11.3 Å². The van der Waals surface area contributed by atoms with Gasteiger partial charge >= 0.3 is 6.09 Å². The molecule has 1 atom stereocenters. The van der Waals surface area contributed by atoms with Crippen molar-refractivity contribution in [3.05, 3.63) is 29.3 Å². The van der Waals surface area contributed by atoms with Crippen molar-refractivity contribution in [2.45, 2.75) is 32.3 Å². The molecule has 1 aliphatic carbocycles. The average Bonchev–Trinajstić information content (AvgIpc) is 3.23. The number of nitrogens with zero attached hydrogens (tertiary/aromatic N) is 2. The number of fused-ring (bicyclic) bond motifs is 3. The highest BCUT2D eigenvalue weighted by Gasteiger charge is 2.33. The molecule has 0 spiro atoms. The maximum Gasteiger partial charge on any atom is 0.414 e. The number of aryl methyl sites for hydroxylation is 1. The summed E-state index contributed by atoms with van der Waals surface area (Å²) < 4.78 is 5.35. The second-order valence-electron chi connectivity index (χ2n) is 7.38. The van der Waals surface area contributed by atoms with Gasteiger partial charge in [0.05, 0.1) is 18.8 Å². The van der Waals surface area contributed by atoms with Crippen LogP contribution >= 0.6 is 0 Å². The fourth-order valence-electron chi connectivity index (χ4n) is 3.86. The van der Waals surface area contributed by atoms with Gasteiger partial charge in [-0.15, -0.1) is 0 Å². The molecule has 30 heavy (non-hydrogen) atoms. The molecule has 0 radical (unpaired) electrons. The Bertz CT molecular complexity index is 1000. The van der Waals surface area contributed by atoms with E-state index in [1.807, 2.05) is 18.2 Å². The normalized spacial score (nSPS) is 17.6. The highest BCUT2D eigenvalue weighted by Crippen LogP contribution is 2.36. The molecule has 4 N–H and O–H groups in total. The third-order valence-corrected chi connectivity index (χ3v) is 5.26. The van der Waals surface area contributed by atoms with Crippen LogP contribution in [0.5, 0.6) is 0 Å². The summed E-state index contributed by atoms with van der Waals surface area (Å²) in [5.74, 6) is -0.241. The van der Waals surface area contributed by atoms with Crippen LogP contribution in [-0.2, 0) is 27.2 Å². The second kappa shape index (κ2) is 8.15. The first-order valence-corrected chi connectivity index (χ1v) is 9.80. The highest BCUT2D eigenvalue weighted by molar-refractivity contribution is 5.93. The van der Waals surface area contributed by atoms with Gasteiger partial charge in [0.25, 0.3) is 5.91 Å². The number of aliphatic hydroxyl groups is 1. The summed E-state index contributed by atoms with van der Waals surface area (Å²) in [6, 6.07) is 5.75. The van der Waals surface area contributed by atoms with Crippen molar-refractivity contribution in [2.24, 2.45) is 0 Å². The molecular formula is C20H23N5O5. The topological polar surface area (TPSA) is 137 Å². The van der Waals surface area contributed by atoms with Gasteiger partial charge in [0.1, 0.15) is 12.7 Å². The number of carbonyl (C=O) groups excluding carboxylic acids is 3. The molecule has 4 rings (SSSR count). The quantitative estimate of drug-likeness (QED) is 0.576. The van der Waals surface area contributed by atoms with Crippen LogP contribution in [0.4, 0.5) is 16.3 Å². The van der Waals surface area contributed by atoms with E-state index in [-0.39, 0.29) is 12.5 Å². The number of hydrogen-bond acceptors (Lipinski definition) is 6. The standard InChI is InChI=1S/C20H23N5O5/c1-11(27)21-8-14-9-25(20(29)30-14)13-5-6-15-12(7-13)3-2-4-16-18(15)23-24-19(16)22-17(28)10-26/h5-7,14,26H,2-4,8-10H2,1H3,(H,21,27)(H2,22,23,24,28)/t14-/m0/s1. The molecule has 1 aliphatic heterocycles. The SMILES string of the molecule is CC(=O)NC[C@H]1CN(c2ccc3c(c2)CCCc2c(NC(=O)CO)n[nH]c2-3)C(=O)O1. The number of aliphatic hydroxyl groups excluding tert-OH is 1. The molecule has 3 amide bonds. The van der Waals surface area contributed by atoms with E-state index >= 15 is 0 Å². The summed E-state index contributed by atoms with van der Waals surface area (Å²) in [5.41, 5.74) is 4.49. The van der Waals surface area contributed by atoms with Gasteiger partial charge in [-0.25, -0.2) is 4.79 Å². The number of rotatable bonds is 5. The van der Waals surface area contributed by atoms with Crippen molar-refractivity contribution in [3.8, 4) is 11.3 Å². The lowest BCUT2D eigenvalue weighted by Gasteiger charge is -2.16. The molecule has 1 saturated heterocycles. The Morgan fingerprint density at radius 2 is 2.20 bits per heavy atom. The molecule has 0 bridgehead atoms. The largest absolute Gasteiger partial charge is 0.442 e. The Morgan fingerprint density at radius 3 is 2.97 bits per heavy atom. The number of aromatic nitrogens is 2. The summed E-state index contributed by atoms with van der Waals surface area (Å²) in [6.45, 7) is 1.47. The van der Waals surface area contributed by atoms with Gasteiger partial charge in [-0.3, -0.25) is 19.6 Å². The number of benzene rings is 1. The molecule has 10 nitrogen and oxygen atoms in total. The number of anilines is 2. The molecule has 1 fully saturated rings. The maximum absolute atomic E-state index is 12.3. The maximum atomic E-state index is 12.3. The van der Waals surface area contributed by atoms with Crippen molar-refractivity contribution in [1.82, 2.24) is 15.5 Å². The van der Waals surface area contributed by atoms with E-state index in [1.165, 1.54) is 6.92 Å². The van der Waals surface area contributed by atoms with E-state index in [2.05, 4.69) is 20.8 Å². The van der Waals surface area contributed by atoms with Crippen molar-refractivity contribution in [1.29, 1.82) is 0 Å². The van der Waals surface area contributed by atoms with Gasteiger partial charge in [0, 0.05) is 23.7 Å². The Balaban J connectivity index is 1.57. The number of nitrogens with one attached hydrogen (secondary N) is 3. The van der Waals surface area contributed by atoms with Crippen LogP contribution in [0.3, 0.4) is 0 Å². The van der Waals surface area contributed by atoms with Gasteiger partial charge < -0.3 is 20.5 Å². The number of amides is 3. The van der Waals surface area contributed by atoms with Gasteiger partial charge in [-0.2, -0.15) is 5.10 Å². The lowest BCUT2D eigenvalue weighted by atomic mass is 10.0. The Hall–Kier alpha value is -3.40. The average molecular weight is 413 g/mol. The molecule has 10 heteroatoms. The van der Waals surface area contributed by atoms with Crippen molar-refractivity contribution >= 4 is 29.4 Å². The molecule has 1 aromatic carbocycles. The number of H-pyrrole nitrogens is 1. The highest BCUT2D eigenvalue weighted by atomic mass is 16.6. The van der Waals surface area contributed by atoms with Crippen LogP contribution in [0.1, 0.15) is 24.5 Å². The molecule has 1 aromatic heterocycles. The van der Waals surface area contributed by atoms with Crippen LogP contribution < -0.4 is 15.5 Å². The molecule has 2 aliphatic rings. The van der Waals surface area contributed by atoms with Gasteiger partial charge in [-0.05, 0) is 37.0 Å². The van der Waals surface area contributed by atoms with E-state index in [4.69, 9.17) is 9.84 Å². The van der Waals surface area contributed by atoms with E-state index in [9.17, 15) is 14.4 Å². The van der Waals surface area contributed by atoms with Gasteiger partial charge in [0.2, 0.25) is 5.91 Å². The Morgan fingerprint density at radius 1 is 1.37 bits per heavy atom. The van der Waals surface area contributed by atoms with Crippen molar-refractivity contribution in [3.63, 3.8) is 0 Å². The van der Waals surface area contributed by atoms with Gasteiger partial charge in [-0.1, -0.05) is 6.07 Å². The van der Waals surface area contributed by atoms with Crippen molar-refractivity contribution in [2.75, 3.05) is 29.9 Å². The third-order valence-electron chi connectivity index (χ3n) is 5.26. The molecular weight excluding hydrogens is 390 g/mol. The summed E-state index contributed by atoms with van der Waals surface area (Å²) in [4.78, 5) is 36.5. The van der Waals surface area contributed by atoms with E-state index in [0.29, 0.717) is 12.4 Å². The first-order valence-electron chi connectivity index (χ1n) is 9.80. The monoisotopic (exact) mass is 413 g/mol. The summed E-state index contributed by atoms with van der Waals surface area (Å²) in [7, 11) is 0. The third kappa shape index (κ3) is 3.86. The fraction of sp³-hybridized carbons (Fsp3) is 0.400. The zero-order valence-electron chi connectivity index (χ0n) is 16.5. The molecule has 158 valence electrons. The van der Waals surface area contributed by atoms with E-state index in [0.717, 1.165) is 47.3 Å². The van der Waals surface area contributed by atoms with Crippen molar-refractivity contribution < 1.29 is 24.2 Å². The van der Waals surface area contributed by atoms with E-state index in [1.54, 1.807) is 4.90 Å². The summed E-state index contributed by atoms with van der Waals surface area (Å²) >= 11 is 0. The number of cyclic esters (lactones) is 1. The molecule has 0 unspecified atom stereocenters. The zero-order valence-corrected chi connectivity index (χ0v) is 16.5. The summed E-state index contributed by atoms with van der Waals surface area (Å²) in [5, 5.41) is 21.4. The number of aromatic amines is 1. The Labute approximate surface area is 172 Å². The zero-order chi connectivity index (χ0) is 21.3. The lowest BCUT2D eigenvalue weighted by Crippen LogP contribution is -2.33.